The fourth-order valence-electron chi connectivity index (χ4n) is 1.46. The van der Waals surface area contributed by atoms with Gasteiger partial charge in [0.05, 0.1) is 0 Å². The number of amides is 1. The third-order valence-corrected chi connectivity index (χ3v) is 2.23. The maximum absolute atomic E-state index is 11.6. The van der Waals surface area contributed by atoms with Crippen LogP contribution in [0.2, 0.25) is 0 Å². The first kappa shape index (κ1) is 15.3. The maximum Gasteiger partial charge on any atom is 0.407 e. The Bertz CT molecular complexity index is 216. The summed E-state index contributed by atoms with van der Waals surface area (Å²) >= 11 is 0. The van der Waals surface area contributed by atoms with Crippen LogP contribution in [-0.4, -0.2) is 17.7 Å². The van der Waals surface area contributed by atoms with Crippen molar-refractivity contribution in [3.05, 3.63) is 0 Å². The average Bonchev–Trinajstić information content (AvgIpc) is 1.97. The van der Waals surface area contributed by atoms with E-state index in [1.807, 2.05) is 20.8 Å². The molecule has 3 nitrogen and oxygen atoms in total. The van der Waals surface area contributed by atoms with E-state index >= 15 is 0 Å². The minimum atomic E-state index is -0.427. The van der Waals surface area contributed by atoms with Crippen LogP contribution >= 0.6 is 0 Å². The van der Waals surface area contributed by atoms with Gasteiger partial charge < -0.3 is 10.1 Å². The predicted molar refractivity (Wildman–Crippen MR) is 67.5 cm³/mol. The summed E-state index contributed by atoms with van der Waals surface area (Å²) in [5.74, 6) is 0.997. The summed E-state index contributed by atoms with van der Waals surface area (Å²) in [6.45, 7) is 14.2. The molecule has 1 atom stereocenters. The van der Waals surface area contributed by atoms with E-state index in [-0.39, 0.29) is 12.1 Å². The molecule has 0 aromatic carbocycles. The van der Waals surface area contributed by atoms with Gasteiger partial charge in [-0.15, -0.1) is 0 Å². The molecule has 0 rings (SSSR count). The molecule has 3 heteroatoms. The standard InChI is InChI=1S/C13H27NO2/c1-9(2)8-11(10(3)4)14-12(15)16-13(5,6)7/h9-11H,8H2,1-7H3,(H,14,15)/t11-/m1/s1. The molecule has 0 bridgehead atoms. The number of hydrogen-bond donors (Lipinski definition) is 1. The van der Waals surface area contributed by atoms with Gasteiger partial charge in [0.15, 0.2) is 0 Å². The van der Waals surface area contributed by atoms with Crippen LogP contribution in [-0.2, 0) is 4.74 Å². The Morgan fingerprint density at radius 3 is 2.00 bits per heavy atom. The number of hydrogen-bond acceptors (Lipinski definition) is 2. The molecule has 0 heterocycles. The van der Waals surface area contributed by atoms with Crippen molar-refractivity contribution in [1.82, 2.24) is 5.32 Å². The van der Waals surface area contributed by atoms with Crippen molar-refractivity contribution in [1.29, 1.82) is 0 Å². The summed E-state index contributed by atoms with van der Waals surface area (Å²) in [7, 11) is 0. The lowest BCUT2D eigenvalue weighted by atomic mass is 9.95. The number of ether oxygens (including phenoxy) is 1. The van der Waals surface area contributed by atoms with Crippen molar-refractivity contribution in [2.24, 2.45) is 11.8 Å². The SMILES string of the molecule is CC(C)C[C@@H](NC(=O)OC(C)(C)C)C(C)C. The largest absolute Gasteiger partial charge is 0.444 e. The summed E-state index contributed by atoms with van der Waals surface area (Å²) in [5.41, 5.74) is -0.427. The molecule has 0 fully saturated rings. The van der Waals surface area contributed by atoms with Crippen LogP contribution < -0.4 is 5.32 Å². The van der Waals surface area contributed by atoms with E-state index in [1.165, 1.54) is 0 Å². The fourth-order valence-corrected chi connectivity index (χ4v) is 1.46. The van der Waals surface area contributed by atoms with Gasteiger partial charge in [0, 0.05) is 6.04 Å². The Balaban J connectivity index is 4.24. The van der Waals surface area contributed by atoms with Crippen LogP contribution in [0.5, 0.6) is 0 Å². The molecule has 0 aliphatic heterocycles. The summed E-state index contributed by atoms with van der Waals surface area (Å²) in [4.78, 5) is 11.6. The Labute approximate surface area is 99.9 Å². The van der Waals surface area contributed by atoms with Crippen molar-refractivity contribution < 1.29 is 9.53 Å². The van der Waals surface area contributed by atoms with Gasteiger partial charge in [-0.3, -0.25) is 0 Å². The number of alkyl carbamates (subject to hydrolysis) is 1. The first-order chi connectivity index (χ1) is 7.11. The molecule has 1 amide bonds. The summed E-state index contributed by atoms with van der Waals surface area (Å²) in [6, 6.07) is 0.190. The highest BCUT2D eigenvalue weighted by Crippen LogP contribution is 2.14. The van der Waals surface area contributed by atoms with Crippen molar-refractivity contribution in [2.45, 2.75) is 66.5 Å². The van der Waals surface area contributed by atoms with Gasteiger partial charge in [0.25, 0.3) is 0 Å². The molecule has 0 saturated heterocycles. The van der Waals surface area contributed by atoms with Crippen molar-refractivity contribution in [3.8, 4) is 0 Å². The normalized spacial score (nSPS) is 14.1. The van der Waals surface area contributed by atoms with Gasteiger partial charge in [-0.05, 0) is 39.0 Å². The van der Waals surface area contributed by atoms with E-state index in [1.54, 1.807) is 0 Å². The highest BCUT2D eigenvalue weighted by Gasteiger charge is 2.21. The molecule has 96 valence electrons. The molecular weight excluding hydrogens is 202 g/mol. The van der Waals surface area contributed by atoms with Gasteiger partial charge >= 0.3 is 6.09 Å². The third kappa shape index (κ3) is 7.55. The Morgan fingerprint density at radius 2 is 1.69 bits per heavy atom. The van der Waals surface area contributed by atoms with Crippen LogP contribution in [0.15, 0.2) is 0 Å². The highest BCUT2D eigenvalue weighted by atomic mass is 16.6. The van der Waals surface area contributed by atoms with Gasteiger partial charge in [-0.25, -0.2) is 4.79 Å². The zero-order chi connectivity index (χ0) is 12.9. The molecule has 0 saturated carbocycles. The van der Waals surface area contributed by atoms with Crippen LogP contribution in [0.1, 0.15) is 54.9 Å². The predicted octanol–water partition coefficient (Wildman–Crippen LogP) is 3.58. The average molecular weight is 229 g/mol. The van der Waals surface area contributed by atoms with E-state index in [9.17, 15) is 4.79 Å². The number of rotatable bonds is 4. The van der Waals surface area contributed by atoms with Gasteiger partial charge in [0.2, 0.25) is 0 Å². The number of carbonyl (C=O) groups excluding carboxylic acids is 1. The van der Waals surface area contributed by atoms with Crippen molar-refractivity contribution >= 4 is 6.09 Å². The smallest absolute Gasteiger partial charge is 0.407 e. The van der Waals surface area contributed by atoms with Crippen LogP contribution in [0.25, 0.3) is 0 Å². The molecule has 16 heavy (non-hydrogen) atoms. The molecule has 0 radical (unpaired) electrons. The molecule has 0 aliphatic carbocycles. The lowest BCUT2D eigenvalue weighted by Crippen LogP contribution is -2.42. The lowest BCUT2D eigenvalue weighted by molar-refractivity contribution is 0.0483. The van der Waals surface area contributed by atoms with Gasteiger partial charge in [-0.2, -0.15) is 0 Å². The molecule has 1 N–H and O–H groups in total. The zero-order valence-corrected chi connectivity index (χ0v) is 11.8. The topological polar surface area (TPSA) is 38.3 Å². The second-order valence-corrected chi connectivity index (χ2v) is 6.13. The molecule has 0 unspecified atom stereocenters. The highest BCUT2D eigenvalue weighted by molar-refractivity contribution is 5.68. The Hall–Kier alpha value is -0.730. The molecule has 0 aromatic heterocycles. The quantitative estimate of drug-likeness (QED) is 0.800. The van der Waals surface area contributed by atoms with Gasteiger partial charge in [-0.1, -0.05) is 27.7 Å². The Kier molecular flexibility index (Phi) is 5.84. The molecule has 0 aliphatic rings. The van der Waals surface area contributed by atoms with Crippen LogP contribution in [0, 0.1) is 11.8 Å². The van der Waals surface area contributed by atoms with Crippen LogP contribution in [0.4, 0.5) is 4.79 Å². The molecule has 0 spiro atoms. The molecular formula is C13H27NO2. The Morgan fingerprint density at radius 1 is 1.19 bits per heavy atom. The third-order valence-electron chi connectivity index (χ3n) is 2.23. The number of nitrogens with one attached hydrogen (secondary N) is 1. The first-order valence-corrected chi connectivity index (χ1v) is 6.11. The summed E-state index contributed by atoms with van der Waals surface area (Å²) in [6.07, 6.45) is 0.670. The number of carbonyl (C=O) groups is 1. The van der Waals surface area contributed by atoms with Crippen LogP contribution in [0.3, 0.4) is 0 Å². The van der Waals surface area contributed by atoms with E-state index in [0.717, 1.165) is 6.42 Å². The van der Waals surface area contributed by atoms with E-state index in [0.29, 0.717) is 11.8 Å². The van der Waals surface area contributed by atoms with Crippen molar-refractivity contribution in [3.63, 3.8) is 0 Å². The first-order valence-electron chi connectivity index (χ1n) is 6.11. The van der Waals surface area contributed by atoms with Gasteiger partial charge in [0.1, 0.15) is 5.60 Å². The minimum Gasteiger partial charge on any atom is -0.444 e. The minimum absolute atomic E-state index is 0.190. The summed E-state index contributed by atoms with van der Waals surface area (Å²) in [5, 5.41) is 2.94. The fraction of sp³-hybridized carbons (Fsp3) is 0.923. The van der Waals surface area contributed by atoms with E-state index in [2.05, 4.69) is 33.0 Å². The second-order valence-electron chi connectivity index (χ2n) is 6.13. The summed E-state index contributed by atoms with van der Waals surface area (Å²) < 4.78 is 5.25. The second kappa shape index (κ2) is 6.12. The van der Waals surface area contributed by atoms with Crippen molar-refractivity contribution in [2.75, 3.05) is 0 Å². The zero-order valence-electron chi connectivity index (χ0n) is 11.8. The van der Waals surface area contributed by atoms with E-state index < -0.39 is 5.60 Å². The molecule has 0 aromatic rings. The lowest BCUT2D eigenvalue weighted by Gasteiger charge is -2.26. The van der Waals surface area contributed by atoms with E-state index in [4.69, 9.17) is 4.74 Å². The monoisotopic (exact) mass is 229 g/mol. The maximum atomic E-state index is 11.6.